The molecule has 1 unspecified atom stereocenters. The third kappa shape index (κ3) is 6.68. The first-order chi connectivity index (χ1) is 24.1. The highest BCUT2D eigenvalue weighted by Crippen LogP contribution is 2.42. The minimum Gasteiger partial charge on any atom is -0.0966 e. The monoisotopic (exact) mass is 702 g/mol. The molecule has 0 aliphatic heterocycles. The summed E-state index contributed by atoms with van der Waals surface area (Å²) in [7, 11) is 11.9. The Hall–Kier alpha value is -4.85. The van der Waals surface area contributed by atoms with Gasteiger partial charge in [-0.1, -0.05) is 198 Å². The smallest absolute Gasteiger partial charge is 0.0966 e. The van der Waals surface area contributed by atoms with Gasteiger partial charge in [0.05, 0.1) is 0 Å². The van der Waals surface area contributed by atoms with Crippen LogP contribution in [0.5, 0.6) is 0 Å². The van der Waals surface area contributed by atoms with Gasteiger partial charge >= 0.3 is 0 Å². The van der Waals surface area contributed by atoms with Gasteiger partial charge in [-0.15, -0.1) is 0 Å². The van der Waals surface area contributed by atoms with Crippen LogP contribution in [0.4, 0.5) is 0 Å². The summed E-state index contributed by atoms with van der Waals surface area (Å²) in [5.41, 5.74) is 14.3. The molecule has 0 aliphatic carbocycles. The van der Waals surface area contributed by atoms with E-state index in [0.717, 1.165) is 21.0 Å². The van der Waals surface area contributed by atoms with E-state index in [4.69, 9.17) is 15.7 Å². The maximum atomic E-state index is 5.97. The first-order valence-electron chi connectivity index (χ1n) is 17.0. The summed E-state index contributed by atoms with van der Waals surface area (Å²) in [4.78, 5) is 0. The van der Waals surface area contributed by atoms with Gasteiger partial charge in [0.15, 0.2) is 0 Å². The van der Waals surface area contributed by atoms with Crippen molar-refractivity contribution < 1.29 is 0 Å². The number of halogens is 1. The lowest BCUT2D eigenvalue weighted by Gasteiger charge is -2.33. The van der Waals surface area contributed by atoms with E-state index in [0.29, 0.717) is 0 Å². The van der Waals surface area contributed by atoms with Crippen LogP contribution in [0.3, 0.4) is 0 Å². The van der Waals surface area contributed by atoms with E-state index in [1.165, 1.54) is 55.6 Å². The molecule has 0 fully saturated rings. The average Bonchev–Trinajstić information content (AvgIpc) is 3.16. The highest BCUT2D eigenvalue weighted by Gasteiger charge is 2.32. The predicted octanol–water partition coefficient (Wildman–Crippen LogP) is 10.7. The molecule has 0 saturated carbocycles. The molecule has 238 valence electrons. The van der Waals surface area contributed by atoms with Crippen LogP contribution in [0, 0.1) is 0 Å². The molecule has 1 atom stereocenters. The highest BCUT2D eigenvalue weighted by atomic mass is 79.9. The second kappa shape index (κ2) is 13.8. The van der Waals surface area contributed by atoms with Crippen molar-refractivity contribution in [1.82, 2.24) is 0 Å². The van der Waals surface area contributed by atoms with Crippen LogP contribution in [-0.4, -0.2) is 15.7 Å². The molecule has 4 radical (unpaired) electrons. The van der Waals surface area contributed by atoms with Crippen LogP contribution in [0.2, 0.25) is 0 Å². The number of rotatable bonds is 8. The molecule has 3 heteroatoms. The summed E-state index contributed by atoms with van der Waals surface area (Å²) in [6.45, 7) is 6.95. The van der Waals surface area contributed by atoms with Crippen LogP contribution in [0.15, 0.2) is 174 Å². The minimum absolute atomic E-state index is 0.179. The van der Waals surface area contributed by atoms with Crippen molar-refractivity contribution in [1.29, 1.82) is 0 Å². The normalized spacial score (nSPS) is 12.7. The van der Waals surface area contributed by atoms with E-state index in [1.54, 1.807) is 0 Å². The average molecular weight is 703 g/mol. The second-order valence-corrected chi connectivity index (χ2v) is 14.7. The molecular formula is C47H37B2Br. The molecule has 0 spiro atoms. The Morgan fingerprint density at radius 1 is 0.320 bits per heavy atom. The zero-order chi connectivity index (χ0) is 34.9. The number of benzene rings is 7. The maximum Gasteiger partial charge on any atom is 0.113 e. The van der Waals surface area contributed by atoms with Gasteiger partial charge in [0.25, 0.3) is 0 Å². The Morgan fingerprint density at radius 3 is 0.860 bits per heavy atom. The summed E-state index contributed by atoms with van der Waals surface area (Å²) < 4.78 is 1.08. The van der Waals surface area contributed by atoms with E-state index < -0.39 is 0 Å². The van der Waals surface area contributed by atoms with E-state index in [1.807, 2.05) is 24.3 Å². The molecule has 7 rings (SSSR count). The fourth-order valence-electron chi connectivity index (χ4n) is 6.95. The Morgan fingerprint density at radius 2 is 0.540 bits per heavy atom. The van der Waals surface area contributed by atoms with Crippen molar-refractivity contribution >= 4 is 42.5 Å². The highest BCUT2D eigenvalue weighted by molar-refractivity contribution is 9.10. The standard InChI is InChI=1S/C47H37B2Br/c1-46(2,38-16-4-32(5-17-38)35-10-26-43(48)27-11-35)39-22-24-42(25-23-39)47(3,40-18-6-33(7-19-40)36-12-28-44(49)29-13-36)41-20-8-34(9-21-41)37-14-30-45(50)31-15-37/h4-31H,1-3H3. The first-order valence-corrected chi connectivity index (χ1v) is 17.8. The Balaban J connectivity index is 1.24. The SMILES string of the molecule is [B]c1ccc(-c2ccc(C(C)(C)c3ccc(C(C)(c4ccc(-c5ccc([B])cc5)cc4)c4ccc(-c5ccc(Br)cc5)cc4)cc3)cc2)cc1. The molecule has 0 heterocycles. The minimum atomic E-state index is -0.388. The zero-order valence-electron chi connectivity index (χ0n) is 28.7. The lowest BCUT2D eigenvalue weighted by atomic mass is 9.69. The molecule has 50 heavy (non-hydrogen) atoms. The van der Waals surface area contributed by atoms with E-state index in [9.17, 15) is 0 Å². The summed E-state index contributed by atoms with van der Waals surface area (Å²) in [5, 5.41) is 0. The van der Waals surface area contributed by atoms with Crippen LogP contribution >= 0.6 is 15.9 Å². The van der Waals surface area contributed by atoms with Gasteiger partial charge < -0.3 is 0 Å². The third-order valence-electron chi connectivity index (χ3n) is 10.4. The molecule has 0 nitrogen and oxygen atoms in total. The van der Waals surface area contributed by atoms with Crippen LogP contribution in [0.25, 0.3) is 33.4 Å². The predicted molar refractivity (Wildman–Crippen MR) is 218 cm³/mol. The maximum absolute atomic E-state index is 5.97. The first kappa shape index (κ1) is 33.6. The third-order valence-corrected chi connectivity index (χ3v) is 10.9. The lowest BCUT2D eigenvalue weighted by Crippen LogP contribution is -2.26. The molecular weight excluding hydrogens is 666 g/mol. The zero-order valence-corrected chi connectivity index (χ0v) is 30.3. The summed E-state index contributed by atoms with van der Waals surface area (Å²) in [6, 6.07) is 60.8. The Bertz CT molecular complexity index is 2110. The van der Waals surface area contributed by atoms with Gasteiger partial charge in [-0.3, -0.25) is 0 Å². The summed E-state index contributed by atoms with van der Waals surface area (Å²) in [5.74, 6) is 0. The van der Waals surface area contributed by atoms with Crippen molar-refractivity contribution in [2.75, 3.05) is 0 Å². The molecule has 0 aliphatic rings. The van der Waals surface area contributed by atoms with Crippen LogP contribution in [-0.2, 0) is 10.8 Å². The molecule has 0 bridgehead atoms. The summed E-state index contributed by atoms with van der Waals surface area (Å²) >= 11 is 3.57. The number of hydrogen-bond acceptors (Lipinski definition) is 0. The van der Waals surface area contributed by atoms with Crippen molar-refractivity contribution in [3.8, 4) is 33.4 Å². The van der Waals surface area contributed by atoms with Gasteiger partial charge in [-0.25, -0.2) is 0 Å². The molecule has 0 amide bonds. The van der Waals surface area contributed by atoms with Gasteiger partial charge in [0.1, 0.15) is 15.7 Å². The number of hydrogen-bond donors (Lipinski definition) is 0. The largest absolute Gasteiger partial charge is 0.113 e. The van der Waals surface area contributed by atoms with Crippen LogP contribution < -0.4 is 10.9 Å². The molecule has 0 saturated heterocycles. The van der Waals surface area contributed by atoms with Gasteiger partial charge in [0, 0.05) is 15.3 Å². The van der Waals surface area contributed by atoms with E-state index in [2.05, 4.69) is 182 Å². The van der Waals surface area contributed by atoms with Gasteiger partial charge in [-0.05, 0) is 80.3 Å². The molecule has 0 N–H and O–H groups in total. The van der Waals surface area contributed by atoms with Crippen molar-refractivity contribution in [3.05, 3.63) is 202 Å². The lowest BCUT2D eigenvalue weighted by molar-refractivity contribution is 0.637. The Labute approximate surface area is 308 Å². The second-order valence-electron chi connectivity index (χ2n) is 13.8. The Kier molecular flexibility index (Phi) is 9.29. The van der Waals surface area contributed by atoms with Crippen molar-refractivity contribution in [3.63, 3.8) is 0 Å². The fourth-order valence-corrected chi connectivity index (χ4v) is 7.22. The molecule has 0 aromatic heterocycles. The van der Waals surface area contributed by atoms with Crippen molar-refractivity contribution in [2.45, 2.75) is 31.6 Å². The van der Waals surface area contributed by atoms with E-state index >= 15 is 0 Å². The quantitative estimate of drug-likeness (QED) is 0.109. The van der Waals surface area contributed by atoms with E-state index in [-0.39, 0.29) is 10.8 Å². The van der Waals surface area contributed by atoms with Gasteiger partial charge in [0.2, 0.25) is 0 Å². The fraction of sp³-hybridized carbons (Fsp3) is 0.106. The molecule has 7 aromatic rings. The summed E-state index contributed by atoms with van der Waals surface area (Å²) in [6.07, 6.45) is 0. The van der Waals surface area contributed by atoms with Gasteiger partial charge in [-0.2, -0.15) is 0 Å². The topological polar surface area (TPSA) is 0 Å². The van der Waals surface area contributed by atoms with Crippen LogP contribution in [0.1, 0.15) is 48.6 Å². The molecule has 7 aromatic carbocycles. The van der Waals surface area contributed by atoms with Crippen molar-refractivity contribution in [2.24, 2.45) is 0 Å².